The van der Waals surface area contributed by atoms with E-state index in [4.69, 9.17) is 4.74 Å². The molecule has 0 radical (unpaired) electrons. The molecule has 2 aliphatic carbocycles. The van der Waals surface area contributed by atoms with Crippen LogP contribution in [0, 0.1) is 17.8 Å². The topological polar surface area (TPSA) is 26.3 Å². The van der Waals surface area contributed by atoms with E-state index in [1.54, 1.807) is 0 Å². The van der Waals surface area contributed by atoms with E-state index in [1.165, 1.54) is 30.1 Å². The average molecular weight is 284 g/mol. The Morgan fingerprint density at radius 1 is 1.24 bits per heavy atom. The first-order chi connectivity index (χ1) is 10.1. The number of carbonyl (C=O) groups is 1. The lowest BCUT2D eigenvalue weighted by Gasteiger charge is -2.36. The predicted molar refractivity (Wildman–Crippen MR) is 84.6 cm³/mol. The van der Waals surface area contributed by atoms with E-state index < -0.39 is 0 Å². The van der Waals surface area contributed by atoms with Crippen LogP contribution in [0.25, 0.3) is 0 Å². The number of allylic oxidation sites excluding steroid dienone is 5. The average Bonchev–Trinajstić information content (AvgIpc) is 2.46. The molecule has 4 atom stereocenters. The Labute approximate surface area is 127 Å². The highest BCUT2D eigenvalue weighted by atomic mass is 16.5. The predicted octanol–water partition coefficient (Wildman–Crippen LogP) is 4.35. The third-order valence-corrected chi connectivity index (χ3v) is 5.03. The van der Waals surface area contributed by atoms with Crippen LogP contribution in [0.5, 0.6) is 0 Å². The van der Waals surface area contributed by atoms with Gasteiger partial charge >= 0.3 is 5.97 Å². The number of rotatable bonds is 3. The van der Waals surface area contributed by atoms with Crippen LogP contribution in [0.2, 0.25) is 0 Å². The second-order valence-electron chi connectivity index (χ2n) is 6.62. The standard InChI is InChI=1S/C19H24O2/c1-13-6-10-18-15(12-13)8-7-14(2)17(18)11-9-16-4-3-5-19(20)21-16/h3,5,7-8,12-13,16-18H,2,4,6,9-11H2,1H3/t13-,16?,17?,18?/m1/s1. The fraction of sp³-hybridized carbons (Fsp3) is 0.526. The normalized spacial score (nSPS) is 35.2. The summed E-state index contributed by atoms with van der Waals surface area (Å²) in [6.45, 7) is 6.54. The minimum absolute atomic E-state index is 0.0520. The van der Waals surface area contributed by atoms with Gasteiger partial charge in [0.25, 0.3) is 0 Å². The molecule has 0 aromatic heterocycles. The lowest BCUT2D eigenvalue weighted by atomic mass is 9.69. The summed E-state index contributed by atoms with van der Waals surface area (Å²) in [6, 6.07) is 0. The summed E-state index contributed by atoms with van der Waals surface area (Å²) in [6.07, 6.45) is 15.7. The Balaban J connectivity index is 1.65. The molecular weight excluding hydrogens is 260 g/mol. The third-order valence-electron chi connectivity index (χ3n) is 5.03. The Hall–Kier alpha value is -1.57. The molecule has 0 spiro atoms. The Morgan fingerprint density at radius 3 is 2.90 bits per heavy atom. The minimum Gasteiger partial charge on any atom is -0.459 e. The molecule has 3 aliphatic rings. The van der Waals surface area contributed by atoms with Gasteiger partial charge in [-0.25, -0.2) is 4.79 Å². The van der Waals surface area contributed by atoms with Crippen LogP contribution in [0.1, 0.15) is 39.0 Å². The molecule has 0 N–H and O–H groups in total. The number of fused-ring (bicyclic) bond motifs is 1. The van der Waals surface area contributed by atoms with Crippen molar-refractivity contribution in [2.24, 2.45) is 17.8 Å². The summed E-state index contributed by atoms with van der Waals surface area (Å²) in [5.74, 6) is 1.63. The first-order valence-corrected chi connectivity index (χ1v) is 8.09. The van der Waals surface area contributed by atoms with Gasteiger partial charge in [0.05, 0.1) is 0 Å². The van der Waals surface area contributed by atoms with Crippen molar-refractivity contribution in [1.29, 1.82) is 0 Å². The summed E-state index contributed by atoms with van der Waals surface area (Å²) in [7, 11) is 0. The van der Waals surface area contributed by atoms with Crippen LogP contribution in [0.4, 0.5) is 0 Å². The molecule has 21 heavy (non-hydrogen) atoms. The number of ether oxygens (including phenoxy) is 1. The molecule has 0 bridgehead atoms. The van der Waals surface area contributed by atoms with Gasteiger partial charge in [-0.15, -0.1) is 0 Å². The van der Waals surface area contributed by atoms with Crippen LogP contribution in [0.15, 0.2) is 48.1 Å². The molecule has 3 unspecified atom stereocenters. The third kappa shape index (κ3) is 3.20. The van der Waals surface area contributed by atoms with E-state index in [1.807, 2.05) is 6.08 Å². The van der Waals surface area contributed by atoms with Crippen molar-refractivity contribution in [3.63, 3.8) is 0 Å². The van der Waals surface area contributed by atoms with Gasteiger partial charge in [-0.3, -0.25) is 0 Å². The molecule has 2 heteroatoms. The number of esters is 1. The zero-order valence-corrected chi connectivity index (χ0v) is 12.8. The minimum atomic E-state index is -0.194. The van der Waals surface area contributed by atoms with Crippen LogP contribution >= 0.6 is 0 Å². The molecule has 0 fully saturated rings. The number of cyclic esters (lactones) is 1. The molecule has 112 valence electrons. The second kappa shape index (κ2) is 6.05. The largest absolute Gasteiger partial charge is 0.459 e. The molecule has 0 saturated carbocycles. The lowest BCUT2D eigenvalue weighted by molar-refractivity contribution is -0.144. The Bertz CT molecular complexity index is 524. The zero-order chi connectivity index (χ0) is 14.8. The van der Waals surface area contributed by atoms with Gasteiger partial charge in [0.15, 0.2) is 0 Å². The SMILES string of the molecule is C=C1C=CC2=C[C@H](C)CCC2C1CCC1CC=CC(=O)O1. The van der Waals surface area contributed by atoms with Gasteiger partial charge in [-0.05, 0) is 49.0 Å². The summed E-state index contributed by atoms with van der Waals surface area (Å²) in [5.41, 5.74) is 2.73. The molecule has 0 amide bonds. The molecule has 0 aromatic carbocycles. The molecule has 1 aliphatic heterocycles. The summed E-state index contributed by atoms with van der Waals surface area (Å²) < 4.78 is 5.38. The molecule has 1 heterocycles. The van der Waals surface area contributed by atoms with Gasteiger partial charge in [0.2, 0.25) is 0 Å². The van der Waals surface area contributed by atoms with E-state index in [2.05, 4.69) is 31.7 Å². The van der Waals surface area contributed by atoms with Gasteiger partial charge in [-0.2, -0.15) is 0 Å². The summed E-state index contributed by atoms with van der Waals surface area (Å²) >= 11 is 0. The highest BCUT2D eigenvalue weighted by molar-refractivity contribution is 5.82. The first kappa shape index (κ1) is 14.4. The smallest absolute Gasteiger partial charge is 0.330 e. The molecule has 3 rings (SSSR count). The summed E-state index contributed by atoms with van der Waals surface area (Å²) in [5, 5.41) is 0. The van der Waals surface area contributed by atoms with Gasteiger partial charge < -0.3 is 4.74 Å². The van der Waals surface area contributed by atoms with Crippen molar-refractivity contribution >= 4 is 5.97 Å². The van der Waals surface area contributed by atoms with Crippen molar-refractivity contribution in [3.8, 4) is 0 Å². The Morgan fingerprint density at radius 2 is 2.10 bits per heavy atom. The van der Waals surface area contributed by atoms with Crippen LogP contribution in [0.3, 0.4) is 0 Å². The van der Waals surface area contributed by atoms with Gasteiger partial charge in [0.1, 0.15) is 6.10 Å². The fourth-order valence-electron chi connectivity index (χ4n) is 3.84. The zero-order valence-electron chi connectivity index (χ0n) is 12.8. The number of hydrogen-bond acceptors (Lipinski definition) is 2. The second-order valence-corrected chi connectivity index (χ2v) is 6.62. The molecule has 0 aromatic rings. The van der Waals surface area contributed by atoms with E-state index >= 15 is 0 Å². The van der Waals surface area contributed by atoms with E-state index in [9.17, 15) is 4.79 Å². The first-order valence-electron chi connectivity index (χ1n) is 8.09. The van der Waals surface area contributed by atoms with E-state index in [0.29, 0.717) is 17.8 Å². The maximum absolute atomic E-state index is 11.3. The van der Waals surface area contributed by atoms with Crippen LogP contribution in [-0.4, -0.2) is 12.1 Å². The maximum Gasteiger partial charge on any atom is 0.330 e. The maximum atomic E-state index is 11.3. The molecular formula is C19H24O2. The molecule has 0 saturated heterocycles. The number of carbonyl (C=O) groups excluding carboxylic acids is 1. The van der Waals surface area contributed by atoms with E-state index in [-0.39, 0.29) is 12.1 Å². The van der Waals surface area contributed by atoms with E-state index in [0.717, 1.165) is 19.3 Å². The van der Waals surface area contributed by atoms with Crippen LogP contribution in [-0.2, 0) is 9.53 Å². The number of hydrogen-bond donors (Lipinski definition) is 0. The van der Waals surface area contributed by atoms with Crippen molar-refractivity contribution in [1.82, 2.24) is 0 Å². The van der Waals surface area contributed by atoms with Crippen molar-refractivity contribution in [2.75, 3.05) is 0 Å². The Kier molecular flexibility index (Phi) is 4.14. The van der Waals surface area contributed by atoms with Gasteiger partial charge in [0, 0.05) is 12.5 Å². The summed E-state index contributed by atoms with van der Waals surface area (Å²) in [4.78, 5) is 11.3. The van der Waals surface area contributed by atoms with Crippen molar-refractivity contribution in [3.05, 3.63) is 48.1 Å². The van der Waals surface area contributed by atoms with Crippen molar-refractivity contribution in [2.45, 2.75) is 45.1 Å². The fourth-order valence-corrected chi connectivity index (χ4v) is 3.84. The monoisotopic (exact) mass is 284 g/mol. The lowest BCUT2D eigenvalue weighted by Crippen LogP contribution is -2.27. The van der Waals surface area contributed by atoms with Crippen LogP contribution < -0.4 is 0 Å². The highest BCUT2D eigenvalue weighted by Crippen LogP contribution is 2.43. The van der Waals surface area contributed by atoms with Crippen molar-refractivity contribution < 1.29 is 9.53 Å². The quantitative estimate of drug-likeness (QED) is 0.720. The van der Waals surface area contributed by atoms with Gasteiger partial charge in [-0.1, -0.05) is 43.4 Å². The highest BCUT2D eigenvalue weighted by Gasteiger charge is 2.31. The molecule has 2 nitrogen and oxygen atoms in total.